The van der Waals surface area contributed by atoms with Crippen LogP contribution in [0.15, 0.2) is 11.1 Å². The number of carbonyl (C=O) groups is 1. The molecule has 0 saturated heterocycles. The number of carbonyl (C=O) groups excluding carboxylic acids is 1. The molecule has 0 aliphatic heterocycles. The highest BCUT2D eigenvalue weighted by Gasteiger charge is 2.17. The van der Waals surface area contributed by atoms with Gasteiger partial charge in [-0.15, -0.1) is 0 Å². The van der Waals surface area contributed by atoms with Gasteiger partial charge in [0.05, 0.1) is 0 Å². The highest BCUT2D eigenvalue weighted by atomic mass is 16.1. The number of allylic oxidation sites excluding steroid dienone is 2. The Hall–Kier alpha value is -0.590. The van der Waals surface area contributed by atoms with Crippen LogP contribution < -0.4 is 0 Å². The predicted octanol–water partition coefficient (Wildman–Crippen LogP) is 2.71. The lowest BCUT2D eigenvalue weighted by Crippen LogP contribution is -2.11. The molecule has 1 aliphatic carbocycles. The van der Waals surface area contributed by atoms with Gasteiger partial charge in [-0.3, -0.25) is 4.79 Å². The quantitative estimate of drug-likeness (QED) is 0.564. The summed E-state index contributed by atoms with van der Waals surface area (Å²) >= 11 is 0. The summed E-state index contributed by atoms with van der Waals surface area (Å²) in [6.07, 6.45) is 3.37. The lowest BCUT2D eigenvalue weighted by molar-refractivity contribution is -0.114. The van der Waals surface area contributed by atoms with Gasteiger partial charge in [0.25, 0.3) is 0 Å². The van der Waals surface area contributed by atoms with Gasteiger partial charge >= 0.3 is 0 Å². The maximum Gasteiger partial charge on any atom is 0.155 e. The van der Waals surface area contributed by atoms with E-state index in [-0.39, 0.29) is 5.78 Å². The highest BCUT2D eigenvalue weighted by molar-refractivity contribution is 5.94. The average molecular weight is 152 g/mol. The Morgan fingerprint density at radius 1 is 1.55 bits per heavy atom. The summed E-state index contributed by atoms with van der Waals surface area (Å²) in [4.78, 5) is 11.1. The van der Waals surface area contributed by atoms with E-state index in [0.29, 0.717) is 5.92 Å². The van der Waals surface area contributed by atoms with Crippen molar-refractivity contribution < 1.29 is 4.79 Å². The van der Waals surface area contributed by atoms with E-state index in [1.54, 1.807) is 6.92 Å². The monoisotopic (exact) mass is 152 g/mol. The number of rotatable bonds is 1. The minimum atomic E-state index is 0.272. The van der Waals surface area contributed by atoms with Crippen LogP contribution in [-0.2, 0) is 4.79 Å². The summed E-state index contributed by atoms with van der Waals surface area (Å²) in [5.74, 6) is 0.978. The largest absolute Gasteiger partial charge is 0.295 e. The van der Waals surface area contributed by atoms with E-state index in [0.717, 1.165) is 18.4 Å². The molecule has 0 spiro atoms. The van der Waals surface area contributed by atoms with Gasteiger partial charge in [-0.05, 0) is 44.6 Å². The molecule has 11 heavy (non-hydrogen) atoms. The second kappa shape index (κ2) is 3.21. The molecular formula is C10H16O. The maximum absolute atomic E-state index is 11.1. The zero-order chi connectivity index (χ0) is 8.43. The molecule has 1 rings (SSSR count). The molecule has 1 heteroatoms. The fraction of sp³-hybridized carbons (Fsp3) is 0.700. The van der Waals surface area contributed by atoms with Crippen LogP contribution in [0.4, 0.5) is 0 Å². The number of hydrogen-bond donors (Lipinski definition) is 0. The summed E-state index contributed by atoms with van der Waals surface area (Å²) in [6.45, 7) is 5.98. The van der Waals surface area contributed by atoms with Gasteiger partial charge in [0.1, 0.15) is 0 Å². The molecule has 0 aromatic rings. The average Bonchev–Trinajstić information content (AvgIpc) is 1.94. The minimum absolute atomic E-state index is 0.272. The Morgan fingerprint density at radius 3 is 2.64 bits per heavy atom. The number of Topliss-reactive ketones (excluding diaryl/α,β-unsaturated/α-hetero) is 1. The molecule has 0 saturated carbocycles. The zero-order valence-electron chi connectivity index (χ0n) is 7.61. The summed E-state index contributed by atoms with van der Waals surface area (Å²) in [7, 11) is 0. The Bertz CT molecular complexity index is 201. The molecule has 0 bridgehead atoms. The Kier molecular flexibility index (Phi) is 2.48. The van der Waals surface area contributed by atoms with E-state index in [9.17, 15) is 4.79 Å². The predicted molar refractivity (Wildman–Crippen MR) is 46.4 cm³/mol. The van der Waals surface area contributed by atoms with Crippen LogP contribution in [0.3, 0.4) is 0 Å². The standard InChI is InChI=1S/C10H16O/c1-7-4-5-8(2)10(6-7)9(3)11/h7H,4-6H2,1-3H3. The van der Waals surface area contributed by atoms with Crippen molar-refractivity contribution in [2.45, 2.75) is 40.0 Å². The van der Waals surface area contributed by atoms with Crippen LogP contribution >= 0.6 is 0 Å². The summed E-state index contributed by atoms with van der Waals surface area (Å²) in [5, 5.41) is 0. The van der Waals surface area contributed by atoms with Gasteiger partial charge in [0.15, 0.2) is 5.78 Å². The summed E-state index contributed by atoms with van der Waals surface area (Å²) in [6, 6.07) is 0. The van der Waals surface area contributed by atoms with Crippen LogP contribution in [0.1, 0.15) is 40.0 Å². The van der Waals surface area contributed by atoms with Gasteiger partial charge in [-0.1, -0.05) is 12.5 Å². The molecule has 62 valence electrons. The first-order valence-electron chi connectivity index (χ1n) is 4.31. The molecule has 1 unspecified atom stereocenters. The first-order chi connectivity index (χ1) is 5.11. The third kappa shape index (κ3) is 1.92. The van der Waals surface area contributed by atoms with Crippen molar-refractivity contribution in [2.24, 2.45) is 5.92 Å². The second-order valence-corrected chi connectivity index (χ2v) is 3.66. The van der Waals surface area contributed by atoms with E-state index >= 15 is 0 Å². The summed E-state index contributed by atoms with van der Waals surface area (Å²) in [5.41, 5.74) is 2.40. The topological polar surface area (TPSA) is 17.1 Å². The van der Waals surface area contributed by atoms with Crippen molar-refractivity contribution in [3.05, 3.63) is 11.1 Å². The van der Waals surface area contributed by atoms with Gasteiger partial charge in [0, 0.05) is 0 Å². The van der Waals surface area contributed by atoms with Crippen LogP contribution in [0, 0.1) is 5.92 Å². The SMILES string of the molecule is CC(=O)C1=C(C)CCC(C)C1. The molecule has 0 radical (unpaired) electrons. The first kappa shape index (κ1) is 8.51. The van der Waals surface area contributed by atoms with E-state index in [1.165, 1.54) is 12.0 Å². The van der Waals surface area contributed by atoms with Gasteiger partial charge in [-0.25, -0.2) is 0 Å². The zero-order valence-corrected chi connectivity index (χ0v) is 7.61. The molecule has 0 aromatic carbocycles. The lowest BCUT2D eigenvalue weighted by atomic mass is 9.84. The van der Waals surface area contributed by atoms with E-state index in [2.05, 4.69) is 13.8 Å². The molecular weight excluding hydrogens is 136 g/mol. The highest BCUT2D eigenvalue weighted by Crippen LogP contribution is 2.28. The Labute approximate surface area is 68.5 Å². The van der Waals surface area contributed by atoms with Gasteiger partial charge in [-0.2, -0.15) is 0 Å². The maximum atomic E-state index is 11.1. The summed E-state index contributed by atoms with van der Waals surface area (Å²) < 4.78 is 0. The van der Waals surface area contributed by atoms with Crippen LogP contribution in [0.25, 0.3) is 0 Å². The van der Waals surface area contributed by atoms with Gasteiger partial charge < -0.3 is 0 Å². The molecule has 1 aliphatic rings. The lowest BCUT2D eigenvalue weighted by Gasteiger charge is -2.21. The van der Waals surface area contributed by atoms with Crippen LogP contribution in [0.5, 0.6) is 0 Å². The first-order valence-corrected chi connectivity index (χ1v) is 4.31. The molecule has 1 atom stereocenters. The fourth-order valence-electron chi connectivity index (χ4n) is 1.68. The van der Waals surface area contributed by atoms with Crippen molar-refractivity contribution in [2.75, 3.05) is 0 Å². The number of hydrogen-bond acceptors (Lipinski definition) is 1. The second-order valence-electron chi connectivity index (χ2n) is 3.66. The molecule has 0 N–H and O–H groups in total. The van der Waals surface area contributed by atoms with E-state index in [4.69, 9.17) is 0 Å². The Balaban J connectivity index is 2.80. The van der Waals surface area contributed by atoms with Crippen molar-refractivity contribution in [1.82, 2.24) is 0 Å². The molecule has 0 heterocycles. The van der Waals surface area contributed by atoms with Crippen molar-refractivity contribution in [3.8, 4) is 0 Å². The van der Waals surface area contributed by atoms with Crippen molar-refractivity contribution >= 4 is 5.78 Å². The van der Waals surface area contributed by atoms with Crippen LogP contribution in [-0.4, -0.2) is 5.78 Å². The van der Waals surface area contributed by atoms with Crippen molar-refractivity contribution in [1.29, 1.82) is 0 Å². The third-order valence-corrected chi connectivity index (χ3v) is 2.50. The van der Waals surface area contributed by atoms with Crippen LogP contribution in [0.2, 0.25) is 0 Å². The molecule has 0 aromatic heterocycles. The minimum Gasteiger partial charge on any atom is -0.295 e. The molecule has 0 amide bonds. The number of ketones is 1. The molecule has 1 nitrogen and oxygen atoms in total. The van der Waals surface area contributed by atoms with Crippen molar-refractivity contribution in [3.63, 3.8) is 0 Å². The fourth-order valence-corrected chi connectivity index (χ4v) is 1.68. The molecule has 0 fully saturated rings. The van der Waals surface area contributed by atoms with E-state index in [1.807, 2.05) is 0 Å². The van der Waals surface area contributed by atoms with Gasteiger partial charge in [0.2, 0.25) is 0 Å². The third-order valence-electron chi connectivity index (χ3n) is 2.50. The van der Waals surface area contributed by atoms with E-state index < -0.39 is 0 Å². The smallest absolute Gasteiger partial charge is 0.155 e. The normalized spacial score (nSPS) is 25.5. The Morgan fingerprint density at radius 2 is 2.18 bits per heavy atom.